The number of aromatic nitrogens is 6. The van der Waals surface area contributed by atoms with E-state index < -0.39 is 12.0 Å². The fourth-order valence-corrected chi connectivity index (χ4v) is 1.92. The van der Waals surface area contributed by atoms with E-state index in [0.717, 1.165) is 0 Å². The quantitative estimate of drug-likeness (QED) is 0.768. The van der Waals surface area contributed by atoms with Crippen molar-refractivity contribution in [1.29, 1.82) is 0 Å². The summed E-state index contributed by atoms with van der Waals surface area (Å²) in [5.74, 6) is -0.957. The Labute approximate surface area is 127 Å². The van der Waals surface area contributed by atoms with Gasteiger partial charge in [-0.15, -0.1) is 15.3 Å². The van der Waals surface area contributed by atoms with Crippen molar-refractivity contribution >= 4 is 17.2 Å². The zero-order valence-corrected chi connectivity index (χ0v) is 11.9. The molecule has 3 aromatic heterocycles. The molecular weight excluding hydrogens is 315 g/mol. The first-order valence-corrected chi connectivity index (χ1v) is 6.55. The number of fused-ring (bicyclic) bond motifs is 1. The average molecular weight is 327 g/mol. The number of alkyl halides is 3. The van der Waals surface area contributed by atoms with Crippen LogP contribution < -0.4 is 5.32 Å². The number of hydrogen-bond donors (Lipinski definition) is 1. The second-order valence-electron chi connectivity index (χ2n) is 4.62. The minimum Gasteiger partial charge on any atom is -0.383 e. The lowest BCUT2D eigenvalue weighted by Gasteiger charge is -2.05. The summed E-state index contributed by atoms with van der Waals surface area (Å²) in [6.07, 6.45) is -1.39. The van der Waals surface area contributed by atoms with Gasteiger partial charge in [-0.1, -0.05) is 0 Å². The molecule has 8 nitrogen and oxygen atoms in total. The van der Waals surface area contributed by atoms with Crippen LogP contribution in [0.5, 0.6) is 0 Å². The van der Waals surface area contributed by atoms with E-state index >= 15 is 0 Å². The van der Waals surface area contributed by atoms with Gasteiger partial charge in [0.2, 0.25) is 0 Å². The topological polar surface area (TPSA) is 82.2 Å². The normalized spacial score (nSPS) is 12.0. The molecular formula is C12H12F3N7O. The minimum atomic E-state index is -4.63. The molecule has 0 saturated carbocycles. The van der Waals surface area contributed by atoms with Crippen LogP contribution >= 0.6 is 0 Å². The molecule has 0 fully saturated rings. The van der Waals surface area contributed by atoms with Gasteiger partial charge in [-0.2, -0.15) is 22.8 Å². The lowest BCUT2D eigenvalue weighted by atomic mass is 10.4. The van der Waals surface area contributed by atoms with E-state index in [4.69, 9.17) is 4.74 Å². The molecule has 0 aliphatic carbocycles. The molecule has 0 saturated heterocycles. The van der Waals surface area contributed by atoms with Crippen molar-refractivity contribution in [3.63, 3.8) is 0 Å². The maximum absolute atomic E-state index is 12.8. The first kappa shape index (κ1) is 15.2. The highest BCUT2D eigenvalue weighted by Gasteiger charge is 2.37. The Morgan fingerprint density at radius 1 is 1.26 bits per heavy atom. The third kappa shape index (κ3) is 3.23. The number of rotatable bonds is 5. The first-order valence-electron chi connectivity index (χ1n) is 6.55. The van der Waals surface area contributed by atoms with Gasteiger partial charge in [0.15, 0.2) is 11.5 Å². The van der Waals surface area contributed by atoms with Crippen LogP contribution in [0.15, 0.2) is 24.5 Å². The van der Waals surface area contributed by atoms with Gasteiger partial charge in [0, 0.05) is 13.3 Å². The molecule has 3 aromatic rings. The predicted octanol–water partition coefficient (Wildman–Crippen LogP) is 1.73. The Bertz CT molecular complexity index is 810. The van der Waals surface area contributed by atoms with Crippen molar-refractivity contribution in [3.8, 4) is 0 Å². The molecule has 3 heterocycles. The van der Waals surface area contributed by atoms with E-state index in [1.54, 1.807) is 24.2 Å². The maximum atomic E-state index is 12.8. The maximum Gasteiger partial charge on any atom is 0.453 e. The zero-order valence-electron chi connectivity index (χ0n) is 11.9. The summed E-state index contributed by atoms with van der Waals surface area (Å²) in [6.45, 7) is 1.06. The summed E-state index contributed by atoms with van der Waals surface area (Å²) >= 11 is 0. The number of nitrogens with one attached hydrogen (secondary N) is 1. The second-order valence-corrected chi connectivity index (χ2v) is 4.62. The number of halogens is 3. The molecule has 0 aliphatic rings. The fraction of sp³-hybridized carbons (Fsp3) is 0.333. The second kappa shape index (κ2) is 5.83. The summed E-state index contributed by atoms with van der Waals surface area (Å²) in [5, 5.41) is 17.4. The lowest BCUT2D eigenvalue weighted by molar-refractivity contribution is -0.146. The fourth-order valence-electron chi connectivity index (χ4n) is 1.92. The van der Waals surface area contributed by atoms with Gasteiger partial charge in [-0.05, 0) is 12.1 Å². The number of nitrogens with zero attached hydrogens (tertiary/aromatic N) is 6. The highest BCUT2D eigenvalue weighted by atomic mass is 19.4. The Balaban J connectivity index is 1.84. The molecule has 0 aromatic carbocycles. The summed E-state index contributed by atoms with van der Waals surface area (Å²) in [4.78, 5) is 0. The van der Waals surface area contributed by atoms with Crippen molar-refractivity contribution in [1.82, 2.24) is 29.6 Å². The van der Waals surface area contributed by atoms with E-state index in [-0.39, 0.29) is 11.5 Å². The van der Waals surface area contributed by atoms with Crippen LogP contribution in [0.2, 0.25) is 0 Å². The SMILES string of the molecule is COCCn1cc(Nc2ccc3nnc(C(F)(F)F)n3n2)cn1. The van der Waals surface area contributed by atoms with Gasteiger partial charge >= 0.3 is 6.18 Å². The molecule has 3 rings (SSSR count). The van der Waals surface area contributed by atoms with Crippen LogP contribution in [-0.4, -0.2) is 43.3 Å². The Morgan fingerprint density at radius 2 is 2.09 bits per heavy atom. The molecule has 0 unspecified atom stereocenters. The molecule has 122 valence electrons. The number of ether oxygens (including phenoxy) is 1. The predicted molar refractivity (Wildman–Crippen MR) is 73.2 cm³/mol. The monoisotopic (exact) mass is 327 g/mol. The van der Waals surface area contributed by atoms with Crippen LogP contribution in [0.4, 0.5) is 24.7 Å². The van der Waals surface area contributed by atoms with Gasteiger partial charge in [0.05, 0.1) is 25.0 Å². The molecule has 11 heteroatoms. The summed E-state index contributed by atoms with van der Waals surface area (Å²) < 4.78 is 45.7. The Hall–Kier alpha value is -2.69. The van der Waals surface area contributed by atoms with E-state index in [1.807, 2.05) is 0 Å². The van der Waals surface area contributed by atoms with Gasteiger partial charge in [-0.25, -0.2) is 0 Å². The average Bonchev–Trinajstić information content (AvgIpc) is 3.10. The molecule has 0 amide bonds. The van der Waals surface area contributed by atoms with Gasteiger partial charge in [0.25, 0.3) is 5.82 Å². The Kier molecular flexibility index (Phi) is 3.86. The molecule has 0 spiro atoms. The number of anilines is 2. The van der Waals surface area contributed by atoms with Crippen LogP contribution in [0.1, 0.15) is 5.82 Å². The molecule has 0 bridgehead atoms. The van der Waals surface area contributed by atoms with E-state index in [1.165, 1.54) is 12.1 Å². The molecule has 23 heavy (non-hydrogen) atoms. The van der Waals surface area contributed by atoms with Crippen molar-refractivity contribution < 1.29 is 17.9 Å². The minimum absolute atomic E-state index is 0.0127. The summed E-state index contributed by atoms with van der Waals surface area (Å²) in [6, 6.07) is 2.91. The molecule has 0 atom stereocenters. The number of methoxy groups -OCH3 is 1. The van der Waals surface area contributed by atoms with Crippen molar-refractivity contribution in [2.24, 2.45) is 0 Å². The largest absolute Gasteiger partial charge is 0.453 e. The standard InChI is InChI=1S/C12H12F3N7O/c1-23-5-4-21-7-8(6-16-21)17-9-2-3-10-18-19-11(12(13,14)15)22(10)20-9/h2-3,6-7H,4-5H2,1H3,(H,17,20). The van der Waals surface area contributed by atoms with Crippen LogP contribution in [0, 0.1) is 0 Å². The van der Waals surface area contributed by atoms with Crippen LogP contribution in [0.3, 0.4) is 0 Å². The van der Waals surface area contributed by atoms with Crippen molar-refractivity contribution in [2.75, 3.05) is 19.0 Å². The van der Waals surface area contributed by atoms with Gasteiger partial charge in [-0.3, -0.25) is 4.68 Å². The zero-order chi connectivity index (χ0) is 16.4. The van der Waals surface area contributed by atoms with Crippen LogP contribution in [0.25, 0.3) is 5.65 Å². The van der Waals surface area contributed by atoms with Crippen LogP contribution in [-0.2, 0) is 17.5 Å². The van der Waals surface area contributed by atoms with E-state index in [0.29, 0.717) is 23.4 Å². The number of hydrogen-bond acceptors (Lipinski definition) is 6. The third-order valence-corrected chi connectivity index (χ3v) is 2.95. The first-order chi connectivity index (χ1) is 11.0. The van der Waals surface area contributed by atoms with E-state index in [2.05, 4.69) is 25.7 Å². The molecule has 1 N–H and O–H groups in total. The third-order valence-electron chi connectivity index (χ3n) is 2.95. The summed E-state index contributed by atoms with van der Waals surface area (Å²) in [5.41, 5.74) is 0.605. The Morgan fingerprint density at radius 3 is 2.83 bits per heavy atom. The lowest BCUT2D eigenvalue weighted by Crippen LogP contribution is -2.13. The van der Waals surface area contributed by atoms with Crippen molar-refractivity contribution in [3.05, 3.63) is 30.4 Å². The smallest absolute Gasteiger partial charge is 0.383 e. The van der Waals surface area contributed by atoms with Crippen molar-refractivity contribution in [2.45, 2.75) is 12.7 Å². The molecule has 0 aliphatic heterocycles. The highest BCUT2D eigenvalue weighted by Crippen LogP contribution is 2.27. The van der Waals surface area contributed by atoms with Gasteiger partial charge in [0.1, 0.15) is 0 Å². The highest BCUT2D eigenvalue weighted by molar-refractivity contribution is 5.55. The van der Waals surface area contributed by atoms with E-state index in [9.17, 15) is 13.2 Å². The van der Waals surface area contributed by atoms with Gasteiger partial charge < -0.3 is 10.1 Å². The summed E-state index contributed by atoms with van der Waals surface area (Å²) in [7, 11) is 1.58. The molecule has 0 radical (unpaired) electrons.